The van der Waals surface area contributed by atoms with Crippen LogP contribution in [0.1, 0.15) is 6.04 Å². The van der Waals surface area contributed by atoms with Crippen LogP contribution in [0.5, 0.6) is 5.75 Å². The van der Waals surface area contributed by atoms with Gasteiger partial charge in [-0.05, 0) is 24.3 Å². The van der Waals surface area contributed by atoms with Crippen LogP contribution in [0, 0.1) is 0 Å². The quantitative estimate of drug-likeness (QED) is 0.734. The van der Waals surface area contributed by atoms with Gasteiger partial charge in [-0.2, -0.15) is 4.98 Å². The van der Waals surface area contributed by atoms with Crippen molar-refractivity contribution in [2.45, 2.75) is 6.04 Å². The van der Waals surface area contributed by atoms with E-state index >= 15 is 0 Å². The number of hydrogen-bond donors (Lipinski definition) is 2. The highest BCUT2D eigenvalue weighted by Gasteiger charge is 2.22. The molecule has 8 heteroatoms. The van der Waals surface area contributed by atoms with Gasteiger partial charge in [-0.1, -0.05) is 10.4 Å². The first kappa shape index (κ1) is 12.0. The van der Waals surface area contributed by atoms with Crippen molar-refractivity contribution < 1.29 is 9.63 Å². The summed E-state index contributed by atoms with van der Waals surface area (Å²) in [4.78, 5) is 4.31. The molecule has 0 radical (unpaired) electrons. The summed E-state index contributed by atoms with van der Waals surface area (Å²) in [6.45, 7) is 1.79. The lowest BCUT2D eigenvalue weighted by atomic mass is 10.2. The minimum atomic E-state index is 0.194. The fourth-order valence-electron chi connectivity index (χ4n) is 2.07. The number of hydrogen-bond acceptors (Lipinski definition) is 7. The van der Waals surface area contributed by atoms with Crippen molar-refractivity contribution in [1.82, 2.24) is 30.5 Å². The largest absolute Gasteiger partial charge is 0.508 e. The third-order valence-corrected chi connectivity index (χ3v) is 3.41. The molecule has 0 atom stereocenters. The Morgan fingerprint density at radius 1 is 1.24 bits per heavy atom. The molecule has 1 aliphatic heterocycles. The number of nitrogens with one attached hydrogen (secondary N) is 1. The van der Waals surface area contributed by atoms with E-state index in [1.807, 2.05) is 0 Å². The first-order chi connectivity index (χ1) is 10.3. The molecule has 106 valence electrons. The topological polar surface area (TPSA) is 102 Å². The van der Waals surface area contributed by atoms with Gasteiger partial charge in [0.15, 0.2) is 5.69 Å². The molecule has 0 unspecified atom stereocenters. The van der Waals surface area contributed by atoms with E-state index in [1.54, 1.807) is 35.1 Å². The summed E-state index contributed by atoms with van der Waals surface area (Å²) < 4.78 is 7.03. The van der Waals surface area contributed by atoms with E-state index in [1.165, 1.54) is 0 Å². The van der Waals surface area contributed by atoms with Crippen LogP contribution in [0.25, 0.3) is 23.0 Å². The van der Waals surface area contributed by atoms with Crippen molar-refractivity contribution in [3.63, 3.8) is 0 Å². The van der Waals surface area contributed by atoms with Crippen molar-refractivity contribution in [2.75, 3.05) is 13.1 Å². The molecule has 2 N–H and O–H groups in total. The maximum absolute atomic E-state index is 9.28. The average molecular weight is 284 g/mol. The predicted octanol–water partition coefficient (Wildman–Crippen LogP) is 0.845. The minimum Gasteiger partial charge on any atom is -0.508 e. The van der Waals surface area contributed by atoms with Gasteiger partial charge in [-0.15, -0.1) is 5.10 Å². The zero-order valence-corrected chi connectivity index (χ0v) is 11.0. The maximum atomic E-state index is 9.28. The molecule has 0 amide bonds. The van der Waals surface area contributed by atoms with Crippen LogP contribution < -0.4 is 5.32 Å². The van der Waals surface area contributed by atoms with Crippen LogP contribution in [0.15, 0.2) is 35.0 Å². The minimum absolute atomic E-state index is 0.194. The van der Waals surface area contributed by atoms with E-state index in [9.17, 15) is 5.11 Å². The summed E-state index contributed by atoms with van der Waals surface area (Å²) in [6, 6.07) is 6.93. The van der Waals surface area contributed by atoms with Gasteiger partial charge in [-0.3, -0.25) is 0 Å². The molecule has 1 aromatic carbocycles. The molecule has 8 nitrogen and oxygen atoms in total. The fourth-order valence-corrected chi connectivity index (χ4v) is 2.07. The van der Waals surface area contributed by atoms with Crippen molar-refractivity contribution in [3.05, 3.63) is 30.5 Å². The molecule has 3 aromatic rings. The molecule has 21 heavy (non-hydrogen) atoms. The van der Waals surface area contributed by atoms with Crippen LogP contribution in [-0.4, -0.2) is 43.3 Å². The third-order valence-electron chi connectivity index (χ3n) is 3.41. The molecule has 1 saturated heterocycles. The van der Waals surface area contributed by atoms with Gasteiger partial charge in [0, 0.05) is 18.7 Å². The van der Waals surface area contributed by atoms with Gasteiger partial charge in [0.05, 0.1) is 12.2 Å². The van der Waals surface area contributed by atoms with E-state index in [2.05, 4.69) is 25.8 Å². The molecule has 0 saturated carbocycles. The highest BCUT2D eigenvalue weighted by molar-refractivity contribution is 5.58. The molecule has 0 aliphatic carbocycles. The monoisotopic (exact) mass is 284 g/mol. The van der Waals surface area contributed by atoms with Gasteiger partial charge >= 0.3 is 0 Å². The lowest BCUT2D eigenvalue weighted by Crippen LogP contribution is -2.43. The van der Waals surface area contributed by atoms with E-state index < -0.39 is 0 Å². The Balaban J connectivity index is 1.61. The molecule has 1 fully saturated rings. The summed E-state index contributed by atoms with van der Waals surface area (Å²) in [5.41, 5.74) is 1.32. The lowest BCUT2D eigenvalue weighted by Gasteiger charge is -2.26. The zero-order chi connectivity index (χ0) is 14.2. The van der Waals surface area contributed by atoms with Crippen LogP contribution in [0.4, 0.5) is 0 Å². The standard InChI is InChI=1S/C13H12N6O2/c20-10-3-1-8(2-4-10)12-15-13(21-17-12)11-7-19(18-16-11)9-5-14-6-9/h1-4,7,9,14,20H,5-6H2. The Hall–Kier alpha value is -2.74. The van der Waals surface area contributed by atoms with Gasteiger partial charge in [-0.25, -0.2) is 4.68 Å². The highest BCUT2D eigenvalue weighted by atomic mass is 16.5. The number of rotatable bonds is 3. The summed E-state index contributed by atoms with van der Waals surface area (Å²) in [6.07, 6.45) is 1.81. The molecular formula is C13H12N6O2. The molecule has 3 heterocycles. The van der Waals surface area contributed by atoms with E-state index in [-0.39, 0.29) is 5.75 Å². The highest BCUT2D eigenvalue weighted by Crippen LogP contribution is 2.23. The Kier molecular flexibility index (Phi) is 2.68. The fraction of sp³-hybridized carbons (Fsp3) is 0.231. The van der Waals surface area contributed by atoms with Crippen molar-refractivity contribution >= 4 is 0 Å². The van der Waals surface area contributed by atoms with Gasteiger partial charge < -0.3 is 14.9 Å². The summed E-state index contributed by atoms with van der Waals surface area (Å²) in [5, 5.41) is 24.5. The first-order valence-electron chi connectivity index (χ1n) is 6.55. The SMILES string of the molecule is Oc1ccc(-c2noc(-c3cn(C4CNC4)nn3)n2)cc1. The summed E-state index contributed by atoms with van der Waals surface area (Å²) in [5.74, 6) is 0.973. The number of nitrogens with zero attached hydrogens (tertiary/aromatic N) is 5. The zero-order valence-electron chi connectivity index (χ0n) is 11.0. The number of phenolic OH excluding ortho intramolecular Hbond substituents is 1. The van der Waals surface area contributed by atoms with Crippen molar-refractivity contribution in [2.24, 2.45) is 0 Å². The molecule has 2 aromatic heterocycles. The summed E-state index contributed by atoms with van der Waals surface area (Å²) >= 11 is 0. The number of aromatic nitrogens is 5. The second-order valence-corrected chi connectivity index (χ2v) is 4.87. The molecule has 0 bridgehead atoms. The molecule has 4 rings (SSSR count). The Morgan fingerprint density at radius 2 is 2.05 bits per heavy atom. The van der Waals surface area contributed by atoms with E-state index in [4.69, 9.17) is 4.52 Å². The van der Waals surface area contributed by atoms with E-state index in [0.29, 0.717) is 23.5 Å². The molecule has 0 spiro atoms. The van der Waals surface area contributed by atoms with Crippen LogP contribution in [0.2, 0.25) is 0 Å². The van der Waals surface area contributed by atoms with Crippen molar-refractivity contribution in [3.8, 4) is 28.7 Å². The van der Waals surface area contributed by atoms with Gasteiger partial charge in [0.2, 0.25) is 5.82 Å². The maximum Gasteiger partial charge on any atom is 0.280 e. The average Bonchev–Trinajstić information content (AvgIpc) is 3.06. The van der Waals surface area contributed by atoms with Crippen LogP contribution in [-0.2, 0) is 0 Å². The van der Waals surface area contributed by atoms with Gasteiger partial charge in [0.1, 0.15) is 5.75 Å². The van der Waals surface area contributed by atoms with Gasteiger partial charge in [0.25, 0.3) is 5.89 Å². The predicted molar refractivity (Wildman–Crippen MR) is 72.3 cm³/mol. The second-order valence-electron chi connectivity index (χ2n) is 4.87. The smallest absolute Gasteiger partial charge is 0.280 e. The Bertz CT molecular complexity index is 759. The normalized spacial score (nSPS) is 15.0. The molecule has 1 aliphatic rings. The Labute approximate surface area is 119 Å². The third kappa shape index (κ3) is 2.15. The second kappa shape index (κ2) is 4.67. The number of aromatic hydroxyl groups is 1. The number of benzene rings is 1. The lowest BCUT2D eigenvalue weighted by molar-refractivity contribution is 0.313. The van der Waals surface area contributed by atoms with Crippen LogP contribution in [0.3, 0.4) is 0 Å². The number of phenols is 1. The Morgan fingerprint density at radius 3 is 2.76 bits per heavy atom. The first-order valence-corrected chi connectivity index (χ1v) is 6.55. The van der Waals surface area contributed by atoms with E-state index in [0.717, 1.165) is 18.7 Å². The molecular weight excluding hydrogens is 272 g/mol. The van der Waals surface area contributed by atoms with Crippen molar-refractivity contribution in [1.29, 1.82) is 0 Å². The summed E-state index contributed by atoms with van der Waals surface area (Å²) in [7, 11) is 0. The van der Waals surface area contributed by atoms with Crippen LogP contribution >= 0.6 is 0 Å².